The lowest BCUT2D eigenvalue weighted by Crippen LogP contribution is -2.31. The molecule has 0 bridgehead atoms. The van der Waals surface area contributed by atoms with Gasteiger partial charge in [-0.05, 0) is 36.8 Å². The van der Waals surface area contributed by atoms with E-state index in [1.54, 1.807) is 42.5 Å². The quantitative estimate of drug-likeness (QED) is 0.466. The number of carbonyl (C=O) groups excluding carboxylic acids is 3. The topological polar surface area (TPSA) is 82.1 Å². The maximum atomic E-state index is 12.2. The minimum absolute atomic E-state index is 0.0979. The molecule has 2 amide bonds. The molecule has 4 rings (SSSR count). The molecule has 2 aliphatic heterocycles. The number of amides is 2. The molecule has 0 radical (unpaired) electrons. The molecule has 7 heteroatoms. The van der Waals surface area contributed by atoms with E-state index in [1.807, 2.05) is 0 Å². The Morgan fingerprint density at radius 3 is 2.42 bits per heavy atom. The lowest BCUT2D eigenvalue weighted by atomic mass is 10.1. The molecule has 0 saturated carbocycles. The van der Waals surface area contributed by atoms with Gasteiger partial charge in [-0.15, -0.1) is 0 Å². The molecule has 7 nitrogen and oxygen atoms in total. The van der Waals surface area contributed by atoms with Crippen molar-refractivity contribution in [3.63, 3.8) is 0 Å². The van der Waals surface area contributed by atoms with Gasteiger partial charge in [-0.3, -0.25) is 14.5 Å². The largest absolute Gasteiger partial charge is 0.462 e. The lowest BCUT2D eigenvalue weighted by Gasteiger charge is -2.13. The van der Waals surface area contributed by atoms with Crippen LogP contribution in [0, 0.1) is 0 Å². The summed E-state index contributed by atoms with van der Waals surface area (Å²) in [6.45, 7) is 0.426. The molecule has 0 saturated heterocycles. The van der Waals surface area contributed by atoms with Crippen LogP contribution in [0.3, 0.4) is 0 Å². The van der Waals surface area contributed by atoms with E-state index in [0.29, 0.717) is 34.6 Å². The summed E-state index contributed by atoms with van der Waals surface area (Å²) in [6.07, 6.45) is 0.363. The highest BCUT2D eigenvalue weighted by atomic mass is 16.7. The number of nitrogens with zero attached hydrogens (tertiary/aromatic N) is 1. The van der Waals surface area contributed by atoms with Crippen molar-refractivity contribution in [2.75, 3.05) is 19.9 Å². The second-order valence-electron chi connectivity index (χ2n) is 5.87. The first-order chi connectivity index (χ1) is 12.6. The Hall–Kier alpha value is -3.35. The number of esters is 1. The van der Waals surface area contributed by atoms with Crippen molar-refractivity contribution in [2.24, 2.45) is 0 Å². The third-order valence-electron chi connectivity index (χ3n) is 4.25. The van der Waals surface area contributed by atoms with Crippen LogP contribution in [0.1, 0.15) is 37.5 Å². The minimum atomic E-state index is -0.495. The van der Waals surface area contributed by atoms with Crippen LogP contribution in [-0.4, -0.2) is 42.6 Å². The van der Waals surface area contributed by atoms with Crippen LogP contribution >= 0.6 is 0 Å². The predicted molar refractivity (Wildman–Crippen MR) is 89.3 cm³/mol. The number of hydrogen-bond donors (Lipinski definition) is 0. The van der Waals surface area contributed by atoms with Crippen molar-refractivity contribution in [1.29, 1.82) is 0 Å². The first-order valence-corrected chi connectivity index (χ1v) is 8.17. The van der Waals surface area contributed by atoms with Gasteiger partial charge in [-0.1, -0.05) is 12.1 Å². The van der Waals surface area contributed by atoms with Crippen molar-refractivity contribution < 1.29 is 28.6 Å². The molecular formula is C19H15NO6. The standard InChI is InChI=1S/C19H15NO6/c21-17-13-4-1-2-5-14(13)18(22)20(17)8-3-9-24-19(23)12-6-7-15-16(10-12)26-11-25-15/h1-2,4-7,10H,3,8-9,11H2. The minimum Gasteiger partial charge on any atom is -0.462 e. The highest BCUT2D eigenvalue weighted by Crippen LogP contribution is 2.32. The molecule has 0 unspecified atom stereocenters. The maximum Gasteiger partial charge on any atom is 0.338 e. The predicted octanol–water partition coefficient (Wildman–Crippen LogP) is 2.26. The van der Waals surface area contributed by atoms with Gasteiger partial charge >= 0.3 is 5.97 Å². The van der Waals surface area contributed by atoms with Gasteiger partial charge in [0.05, 0.1) is 23.3 Å². The SMILES string of the molecule is O=C(OCCCN1C(=O)c2ccccc2C1=O)c1ccc2c(c1)OCO2. The zero-order valence-corrected chi connectivity index (χ0v) is 13.8. The number of rotatable bonds is 5. The first kappa shape index (κ1) is 16.1. The molecule has 132 valence electrons. The van der Waals surface area contributed by atoms with E-state index in [9.17, 15) is 14.4 Å². The molecule has 2 aliphatic rings. The van der Waals surface area contributed by atoms with E-state index < -0.39 is 5.97 Å². The summed E-state index contributed by atoms with van der Waals surface area (Å²) in [4.78, 5) is 37.7. The van der Waals surface area contributed by atoms with Gasteiger partial charge in [0.15, 0.2) is 11.5 Å². The summed E-state index contributed by atoms with van der Waals surface area (Å²) >= 11 is 0. The summed E-state index contributed by atoms with van der Waals surface area (Å²) in [5.41, 5.74) is 1.18. The highest BCUT2D eigenvalue weighted by molar-refractivity contribution is 6.21. The zero-order valence-electron chi connectivity index (χ0n) is 13.8. The van der Waals surface area contributed by atoms with Gasteiger partial charge in [-0.25, -0.2) is 4.79 Å². The molecule has 2 aromatic rings. The molecule has 0 N–H and O–H groups in total. The van der Waals surface area contributed by atoms with Crippen molar-refractivity contribution in [2.45, 2.75) is 6.42 Å². The number of imide groups is 1. The molecule has 2 heterocycles. The Bertz CT molecular complexity index is 872. The van der Waals surface area contributed by atoms with Crippen LogP contribution in [-0.2, 0) is 4.74 Å². The summed E-state index contributed by atoms with van der Waals surface area (Å²) in [5.74, 6) is -0.0243. The van der Waals surface area contributed by atoms with Gasteiger partial charge < -0.3 is 14.2 Å². The molecular weight excluding hydrogens is 338 g/mol. The van der Waals surface area contributed by atoms with Crippen LogP contribution in [0.25, 0.3) is 0 Å². The molecule has 0 atom stereocenters. The Morgan fingerprint density at radius 1 is 1.00 bits per heavy atom. The molecule has 0 spiro atoms. The van der Waals surface area contributed by atoms with E-state index in [2.05, 4.69) is 0 Å². The number of ether oxygens (including phenoxy) is 3. The Balaban J connectivity index is 1.30. The summed E-state index contributed by atoms with van der Waals surface area (Å²) < 4.78 is 15.6. The third-order valence-corrected chi connectivity index (χ3v) is 4.25. The van der Waals surface area contributed by atoms with Gasteiger partial charge in [0.25, 0.3) is 11.8 Å². The number of fused-ring (bicyclic) bond motifs is 2. The Kier molecular flexibility index (Phi) is 4.04. The zero-order chi connectivity index (χ0) is 18.1. The second kappa shape index (κ2) is 6.51. The molecule has 26 heavy (non-hydrogen) atoms. The van der Waals surface area contributed by atoms with Crippen molar-refractivity contribution >= 4 is 17.8 Å². The fourth-order valence-electron chi connectivity index (χ4n) is 2.94. The van der Waals surface area contributed by atoms with E-state index in [-0.39, 0.29) is 31.8 Å². The monoisotopic (exact) mass is 353 g/mol. The average Bonchev–Trinajstić information content (AvgIpc) is 3.23. The number of hydrogen-bond acceptors (Lipinski definition) is 6. The van der Waals surface area contributed by atoms with Crippen molar-refractivity contribution in [3.8, 4) is 11.5 Å². The van der Waals surface area contributed by atoms with Crippen LogP contribution in [0.4, 0.5) is 0 Å². The van der Waals surface area contributed by atoms with Crippen molar-refractivity contribution in [3.05, 3.63) is 59.2 Å². The van der Waals surface area contributed by atoms with Crippen LogP contribution in [0.15, 0.2) is 42.5 Å². The summed E-state index contributed by atoms with van der Waals surface area (Å²) in [6, 6.07) is 11.5. The number of benzene rings is 2. The van der Waals surface area contributed by atoms with Crippen LogP contribution < -0.4 is 9.47 Å². The maximum absolute atomic E-state index is 12.2. The van der Waals surface area contributed by atoms with Gasteiger partial charge in [0, 0.05) is 6.54 Å². The third kappa shape index (κ3) is 2.77. The summed E-state index contributed by atoms with van der Waals surface area (Å²) in [5, 5.41) is 0. The second-order valence-corrected chi connectivity index (χ2v) is 5.87. The molecule has 0 aromatic heterocycles. The summed E-state index contributed by atoms with van der Waals surface area (Å²) in [7, 11) is 0. The smallest absolute Gasteiger partial charge is 0.338 e. The van der Waals surface area contributed by atoms with Gasteiger partial charge in [-0.2, -0.15) is 0 Å². The molecule has 2 aromatic carbocycles. The van der Waals surface area contributed by atoms with Crippen LogP contribution in [0.2, 0.25) is 0 Å². The van der Waals surface area contributed by atoms with Crippen molar-refractivity contribution in [1.82, 2.24) is 4.90 Å². The lowest BCUT2D eigenvalue weighted by molar-refractivity contribution is 0.0482. The van der Waals surface area contributed by atoms with E-state index >= 15 is 0 Å². The van der Waals surface area contributed by atoms with E-state index in [0.717, 1.165) is 0 Å². The van der Waals surface area contributed by atoms with E-state index in [4.69, 9.17) is 14.2 Å². The first-order valence-electron chi connectivity index (χ1n) is 8.17. The fraction of sp³-hybridized carbons (Fsp3) is 0.211. The van der Waals surface area contributed by atoms with E-state index in [1.165, 1.54) is 4.90 Å². The Morgan fingerprint density at radius 2 is 1.69 bits per heavy atom. The highest BCUT2D eigenvalue weighted by Gasteiger charge is 2.34. The average molecular weight is 353 g/mol. The molecule has 0 fully saturated rings. The number of carbonyl (C=O) groups is 3. The fourth-order valence-corrected chi connectivity index (χ4v) is 2.94. The van der Waals surface area contributed by atoms with Gasteiger partial charge in [0.1, 0.15) is 0 Å². The van der Waals surface area contributed by atoms with Crippen LogP contribution in [0.5, 0.6) is 11.5 Å². The Labute approximate surface area is 149 Å². The van der Waals surface area contributed by atoms with Gasteiger partial charge in [0.2, 0.25) is 6.79 Å². The molecule has 0 aliphatic carbocycles. The normalized spacial score (nSPS) is 14.5.